The van der Waals surface area contributed by atoms with Crippen LogP contribution >= 0.6 is 23.2 Å². The summed E-state index contributed by atoms with van der Waals surface area (Å²) in [5, 5.41) is 8.87. The van der Waals surface area contributed by atoms with Gasteiger partial charge < -0.3 is 11.1 Å². The Kier molecular flexibility index (Phi) is 4.37. The zero-order valence-electron chi connectivity index (χ0n) is 14.3. The van der Waals surface area contributed by atoms with Crippen LogP contribution in [-0.4, -0.2) is 20.7 Å². The van der Waals surface area contributed by atoms with Crippen LogP contribution in [0.1, 0.15) is 18.5 Å². The third-order valence-corrected chi connectivity index (χ3v) is 5.02. The number of hydrogen-bond donors (Lipinski definition) is 2. The Morgan fingerprint density at radius 2 is 1.85 bits per heavy atom. The normalized spacial score (nSPS) is 16.0. The summed E-state index contributed by atoms with van der Waals surface area (Å²) in [4.78, 5) is 16.8. The van der Waals surface area contributed by atoms with Gasteiger partial charge >= 0.3 is 0 Å². The Hall–Kier alpha value is -2.83. The molecule has 27 heavy (non-hydrogen) atoms. The summed E-state index contributed by atoms with van der Waals surface area (Å²) in [7, 11) is 0. The van der Waals surface area contributed by atoms with Crippen LogP contribution < -0.4 is 11.1 Å². The van der Waals surface area contributed by atoms with Crippen LogP contribution in [0.2, 0.25) is 10.0 Å². The van der Waals surface area contributed by atoms with E-state index in [2.05, 4.69) is 15.4 Å². The average Bonchev–Trinajstić information content (AvgIpc) is 3.05. The lowest BCUT2D eigenvalue weighted by molar-refractivity contribution is -0.115. The monoisotopic (exact) mass is 399 g/mol. The van der Waals surface area contributed by atoms with Crippen molar-refractivity contribution in [3.63, 3.8) is 0 Å². The molecule has 2 heterocycles. The molecule has 1 amide bonds. The highest BCUT2D eigenvalue weighted by Gasteiger charge is 2.34. The number of carbonyl (C=O) groups is 1. The molecule has 1 atom stereocenters. The number of nitrogens with one attached hydrogen (secondary N) is 1. The van der Waals surface area contributed by atoms with E-state index < -0.39 is 11.9 Å². The zero-order chi connectivity index (χ0) is 19.1. The lowest BCUT2D eigenvalue weighted by Crippen LogP contribution is -2.32. The molecule has 0 saturated carbocycles. The van der Waals surface area contributed by atoms with Crippen LogP contribution in [0, 0.1) is 0 Å². The van der Waals surface area contributed by atoms with E-state index in [1.165, 1.54) is 0 Å². The maximum absolute atomic E-state index is 12.2. The van der Waals surface area contributed by atoms with E-state index in [1.807, 2.05) is 30.3 Å². The third kappa shape index (κ3) is 3.07. The summed E-state index contributed by atoms with van der Waals surface area (Å²) in [5.41, 5.74) is 8.21. The van der Waals surface area contributed by atoms with Crippen LogP contribution in [0.5, 0.6) is 0 Å². The van der Waals surface area contributed by atoms with Gasteiger partial charge in [0.05, 0.1) is 5.57 Å². The summed E-state index contributed by atoms with van der Waals surface area (Å²) in [5.74, 6) is 0.469. The number of nitrogens with two attached hydrogens (primary N) is 1. The van der Waals surface area contributed by atoms with Gasteiger partial charge in [0, 0.05) is 26.9 Å². The first-order chi connectivity index (χ1) is 13.0. The van der Waals surface area contributed by atoms with Gasteiger partial charge in [0.1, 0.15) is 6.04 Å². The van der Waals surface area contributed by atoms with Crippen LogP contribution in [0.3, 0.4) is 0 Å². The molecule has 6 nitrogen and oxygen atoms in total. The summed E-state index contributed by atoms with van der Waals surface area (Å²) in [6, 6.07) is 13.9. The second-order valence-electron chi connectivity index (χ2n) is 6.16. The van der Waals surface area contributed by atoms with Crippen molar-refractivity contribution in [1.82, 2.24) is 14.8 Å². The van der Waals surface area contributed by atoms with Crippen LogP contribution in [-0.2, 0) is 4.79 Å². The Bertz CT molecular complexity index is 1070. The van der Waals surface area contributed by atoms with Crippen molar-refractivity contribution in [2.24, 2.45) is 5.73 Å². The van der Waals surface area contributed by atoms with Crippen molar-refractivity contribution in [2.45, 2.75) is 13.0 Å². The average molecular weight is 400 g/mol. The molecule has 3 aromatic rings. The highest BCUT2D eigenvalue weighted by atomic mass is 35.5. The Morgan fingerprint density at radius 1 is 1.15 bits per heavy atom. The summed E-state index contributed by atoms with van der Waals surface area (Å²) >= 11 is 12.4. The predicted octanol–water partition coefficient (Wildman–Crippen LogP) is 4.03. The molecule has 1 aliphatic heterocycles. The first kappa shape index (κ1) is 17.6. The number of amides is 1. The van der Waals surface area contributed by atoms with Crippen molar-refractivity contribution in [1.29, 1.82) is 0 Å². The quantitative estimate of drug-likeness (QED) is 0.695. The molecule has 2 aromatic carbocycles. The van der Waals surface area contributed by atoms with Gasteiger partial charge in [-0.1, -0.05) is 41.4 Å². The van der Waals surface area contributed by atoms with Gasteiger partial charge in [-0.2, -0.15) is 4.98 Å². The lowest BCUT2D eigenvalue weighted by Gasteiger charge is -2.28. The standard InChI is InChI=1S/C19H15Cl2N5O/c1-10-15(17(22)27)16(13-4-2-3-5-14(13)21)26-19(23-10)24-18(25-26)11-6-8-12(20)9-7-11/h2-9,16H,1H3,(H2,22,27)(H,23,24,25). The van der Waals surface area contributed by atoms with Gasteiger partial charge in [-0.05, 0) is 37.3 Å². The van der Waals surface area contributed by atoms with E-state index in [0.29, 0.717) is 33.1 Å². The fourth-order valence-electron chi connectivity index (χ4n) is 3.18. The number of rotatable bonds is 3. The third-order valence-electron chi connectivity index (χ3n) is 4.42. The largest absolute Gasteiger partial charge is 0.366 e. The van der Waals surface area contributed by atoms with E-state index in [-0.39, 0.29) is 0 Å². The molecular formula is C19H15Cl2N5O. The van der Waals surface area contributed by atoms with E-state index in [1.54, 1.807) is 29.8 Å². The Morgan fingerprint density at radius 3 is 2.52 bits per heavy atom. The highest BCUT2D eigenvalue weighted by molar-refractivity contribution is 6.31. The van der Waals surface area contributed by atoms with Crippen molar-refractivity contribution < 1.29 is 4.79 Å². The lowest BCUT2D eigenvalue weighted by atomic mass is 9.95. The number of carbonyl (C=O) groups excluding carboxylic acids is 1. The molecule has 0 radical (unpaired) electrons. The van der Waals surface area contributed by atoms with Crippen molar-refractivity contribution in [3.8, 4) is 11.4 Å². The molecule has 136 valence electrons. The number of benzene rings is 2. The minimum atomic E-state index is -0.569. The first-order valence-electron chi connectivity index (χ1n) is 8.20. The van der Waals surface area contributed by atoms with Gasteiger partial charge in [-0.3, -0.25) is 4.79 Å². The van der Waals surface area contributed by atoms with Crippen LogP contribution in [0.25, 0.3) is 11.4 Å². The molecular weight excluding hydrogens is 385 g/mol. The Labute approximate surface area is 165 Å². The maximum Gasteiger partial charge on any atom is 0.248 e. The van der Waals surface area contributed by atoms with E-state index >= 15 is 0 Å². The SMILES string of the molecule is CC1=C(C(N)=O)C(c2ccccc2Cl)n2nc(-c3ccc(Cl)cc3)nc2N1. The highest BCUT2D eigenvalue weighted by Crippen LogP contribution is 2.38. The zero-order valence-corrected chi connectivity index (χ0v) is 15.8. The molecule has 8 heteroatoms. The van der Waals surface area contributed by atoms with Crippen LogP contribution in [0.15, 0.2) is 59.8 Å². The summed E-state index contributed by atoms with van der Waals surface area (Å²) < 4.78 is 1.64. The molecule has 0 fully saturated rings. The second kappa shape index (κ2) is 6.72. The molecule has 1 unspecified atom stereocenters. The molecule has 0 saturated heterocycles. The topological polar surface area (TPSA) is 85.8 Å². The molecule has 4 rings (SSSR count). The number of fused-ring (bicyclic) bond motifs is 1. The smallest absolute Gasteiger partial charge is 0.248 e. The number of aromatic nitrogens is 3. The number of allylic oxidation sites excluding steroid dienone is 1. The summed E-state index contributed by atoms with van der Waals surface area (Å²) in [6.07, 6.45) is 0. The summed E-state index contributed by atoms with van der Waals surface area (Å²) in [6.45, 7) is 1.78. The van der Waals surface area contributed by atoms with Gasteiger partial charge in [-0.25, -0.2) is 4.68 Å². The number of primary amides is 1. The molecule has 0 spiro atoms. The van der Waals surface area contributed by atoms with Gasteiger partial charge in [-0.15, -0.1) is 5.10 Å². The number of anilines is 1. The van der Waals surface area contributed by atoms with E-state index in [4.69, 9.17) is 28.9 Å². The minimum absolute atomic E-state index is 0.392. The number of hydrogen-bond acceptors (Lipinski definition) is 4. The van der Waals surface area contributed by atoms with Gasteiger partial charge in [0.2, 0.25) is 11.9 Å². The maximum atomic E-state index is 12.2. The first-order valence-corrected chi connectivity index (χ1v) is 8.96. The van der Waals surface area contributed by atoms with Gasteiger partial charge in [0.15, 0.2) is 5.82 Å². The fourth-order valence-corrected chi connectivity index (χ4v) is 3.54. The predicted molar refractivity (Wildman–Crippen MR) is 106 cm³/mol. The molecule has 3 N–H and O–H groups in total. The number of halogens is 2. The fraction of sp³-hybridized carbons (Fsp3) is 0.105. The molecule has 0 bridgehead atoms. The second-order valence-corrected chi connectivity index (χ2v) is 7.01. The molecule has 1 aliphatic rings. The van der Waals surface area contributed by atoms with Crippen LogP contribution in [0.4, 0.5) is 5.95 Å². The molecule has 1 aromatic heterocycles. The van der Waals surface area contributed by atoms with E-state index in [9.17, 15) is 4.79 Å². The van der Waals surface area contributed by atoms with E-state index in [0.717, 1.165) is 11.1 Å². The molecule has 0 aliphatic carbocycles. The van der Waals surface area contributed by atoms with Crippen molar-refractivity contribution in [3.05, 3.63) is 75.4 Å². The van der Waals surface area contributed by atoms with Gasteiger partial charge in [0.25, 0.3) is 0 Å². The minimum Gasteiger partial charge on any atom is -0.366 e. The Balaban J connectivity index is 1.90. The van der Waals surface area contributed by atoms with Crippen molar-refractivity contribution >= 4 is 35.1 Å². The van der Waals surface area contributed by atoms with Crippen molar-refractivity contribution in [2.75, 3.05) is 5.32 Å². The number of nitrogens with zero attached hydrogens (tertiary/aromatic N) is 3.